The number of nitrogens with zero attached hydrogens (tertiary/aromatic N) is 1. The maximum absolute atomic E-state index is 11.8. The van der Waals surface area contributed by atoms with Crippen LogP contribution in [0.3, 0.4) is 0 Å². The molecular weight excluding hydrogens is 240 g/mol. The zero-order valence-electron chi connectivity index (χ0n) is 12.0. The number of hydrogen-bond donors (Lipinski definition) is 2. The molecule has 2 fully saturated rings. The summed E-state index contributed by atoms with van der Waals surface area (Å²) in [6, 6.07) is 0. The monoisotopic (exact) mass is 268 g/mol. The SMILES string of the molecule is O=C(CC1(O)CCCC1)NCCN1CCCCCC1. The third-order valence-corrected chi connectivity index (χ3v) is 4.47. The number of likely N-dealkylation sites (tertiary alicyclic amines) is 1. The van der Waals surface area contributed by atoms with Crippen molar-refractivity contribution in [3.05, 3.63) is 0 Å². The Bertz CT molecular complexity index is 280. The van der Waals surface area contributed by atoms with Gasteiger partial charge in [-0.25, -0.2) is 0 Å². The summed E-state index contributed by atoms with van der Waals surface area (Å²) in [5.41, 5.74) is -0.716. The van der Waals surface area contributed by atoms with E-state index >= 15 is 0 Å². The van der Waals surface area contributed by atoms with Crippen LogP contribution in [-0.4, -0.2) is 47.7 Å². The molecule has 2 rings (SSSR count). The van der Waals surface area contributed by atoms with Crippen molar-refractivity contribution in [2.24, 2.45) is 0 Å². The Balaban J connectivity index is 1.60. The molecule has 1 aliphatic heterocycles. The van der Waals surface area contributed by atoms with E-state index in [1.807, 2.05) is 0 Å². The van der Waals surface area contributed by atoms with E-state index in [2.05, 4.69) is 10.2 Å². The standard InChI is InChI=1S/C15H28N2O2/c18-14(13-15(19)7-3-4-8-15)16-9-12-17-10-5-1-2-6-11-17/h19H,1-13H2,(H,16,18). The minimum absolute atomic E-state index is 0.0132. The molecule has 0 aromatic heterocycles. The third-order valence-electron chi connectivity index (χ3n) is 4.47. The first-order valence-corrected chi connectivity index (χ1v) is 7.89. The summed E-state index contributed by atoms with van der Waals surface area (Å²) in [5.74, 6) is 0.0132. The quantitative estimate of drug-likeness (QED) is 0.797. The zero-order valence-corrected chi connectivity index (χ0v) is 12.0. The molecule has 0 bridgehead atoms. The van der Waals surface area contributed by atoms with Crippen molar-refractivity contribution in [3.63, 3.8) is 0 Å². The van der Waals surface area contributed by atoms with Gasteiger partial charge in [-0.2, -0.15) is 0 Å². The number of amides is 1. The van der Waals surface area contributed by atoms with Crippen molar-refractivity contribution < 1.29 is 9.90 Å². The van der Waals surface area contributed by atoms with Crippen molar-refractivity contribution in [2.45, 2.75) is 63.4 Å². The maximum Gasteiger partial charge on any atom is 0.222 e. The van der Waals surface area contributed by atoms with Crippen LogP contribution in [0.2, 0.25) is 0 Å². The second-order valence-electron chi connectivity index (χ2n) is 6.21. The molecule has 1 heterocycles. The molecule has 0 radical (unpaired) electrons. The minimum atomic E-state index is -0.716. The number of carbonyl (C=O) groups is 1. The van der Waals surface area contributed by atoms with Gasteiger partial charge in [0.25, 0.3) is 0 Å². The van der Waals surface area contributed by atoms with E-state index in [0.29, 0.717) is 0 Å². The molecule has 0 spiro atoms. The molecule has 0 aromatic rings. The van der Waals surface area contributed by atoms with Gasteiger partial charge in [0.15, 0.2) is 0 Å². The molecule has 110 valence electrons. The van der Waals surface area contributed by atoms with Crippen LogP contribution in [0.15, 0.2) is 0 Å². The van der Waals surface area contributed by atoms with Crippen molar-refractivity contribution in [3.8, 4) is 0 Å². The lowest BCUT2D eigenvalue weighted by Crippen LogP contribution is -2.39. The Morgan fingerprint density at radius 3 is 2.32 bits per heavy atom. The fourth-order valence-electron chi connectivity index (χ4n) is 3.28. The molecule has 4 heteroatoms. The lowest BCUT2D eigenvalue weighted by Gasteiger charge is -2.22. The fourth-order valence-corrected chi connectivity index (χ4v) is 3.28. The van der Waals surface area contributed by atoms with Crippen molar-refractivity contribution in [1.29, 1.82) is 0 Å². The number of carbonyl (C=O) groups excluding carboxylic acids is 1. The van der Waals surface area contributed by atoms with Crippen molar-refractivity contribution >= 4 is 5.91 Å². The highest BCUT2D eigenvalue weighted by Gasteiger charge is 2.33. The molecule has 19 heavy (non-hydrogen) atoms. The van der Waals surface area contributed by atoms with Crippen LogP contribution in [0.1, 0.15) is 57.8 Å². The molecule has 2 aliphatic rings. The average molecular weight is 268 g/mol. The van der Waals surface area contributed by atoms with Crippen molar-refractivity contribution in [2.75, 3.05) is 26.2 Å². The van der Waals surface area contributed by atoms with Crippen LogP contribution in [0.4, 0.5) is 0 Å². The topological polar surface area (TPSA) is 52.6 Å². The Hall–Kier alpha value is -0.610. The summed E-state index contributed by atoms with van der Waals surface area (Å²) in [6.07, 6.45) is 9.22. The van der Waals surface area contributed by atoms with E-state index in [1.165, 1.54) is 38.8 Å². The molecular formula is C15H28N2O2. The van der Waals surface area contributed by atoms with Crippen LogP contribution in [-0.2, 0) is 4.79 Å². The molecule has 2 N–H and O–H groups in total. The largest absolute Gasteiger partial charge is 0.389 e. The maximum atomic E-state index is 11.8. The van der Waals surface area contributed by atoms with Gasteiger partial charge in [-0.15, -0.1) is 0 Å². The third kappa shape index (κ3) is 5.11. The van der Waals surface area contributed by atoms with E-state index in [1.54, 1.807) is 0 Å². The predicted molar refractivity (Wildman–Crippen MR) is 76.0 cm³/mol. The molecule has 0 atom stereocenters. The first-order valence-electron chi connectivity index (χ1n) is 7.89. The summed E-state index contributed by atoms with van der Waals surface area (Å²) in [5, 5.41) is 13.1. The van der Waals surface area contributed by atoms with E-state index in [0.717, 1.165) is 38.8 Å². The van der Waals surface area contributed by atoms with E-state index in [-0.39, 0.29) is 12.3 Å². The van der Waals surface area contributed by atoms with Gasteiger partial charge in [-0.05, 0) is 38.8 Å². The molecule has 1 amide bonds. The molecule has 4 nitrogen and oxygen atoms in total. The Kier molecular flexibility index (Phi) is 5.64. The second kappa shape index (κ2) is 7.25. The van der Waals surface area contributed by atoms with Crippen LogP contribution in [0.5, 0.6) is 0 Å². The summed E-state index contributed by atoms with van der Waals surface area (Å²) in [7, 11) is 0. The normalized spacial score (nSPS) is 24.1. The Labute approximate surface area is 116 Å². The van der Waals surface area contributed by atoms with E-state index < -0.39 is 5.60 Å². The van der Waals surface area contributed by atoms with Gasteiger partial charge >= 0.3 is 0 Å². The lowest BCUT2D eigenvalue weighted by atomic mass is 9.98. The van der Waals surface area contributed by atoms with Crippen molar-refractivity contribution in [1.82, 2.24) is 10.2 Å². The van der Waals surface area contributed by atoms with Gasteiger partial charge in [-0.3, -0.25) is 4.79 Å². The van der Waals surface area contributed by atoms with E-state index in [4.69, 9.17) is 0 Å². The Morgan fingerprint density at radius 1 is 1.05 bits per heavy atom. The highest BCUT2D eigenvalue weighted by atomic mass is 16.3. The Morgan fingerprint density at radius 2 is 1.68 bits per heavy atom. The second-order valence-corrected chi connectivity index (χ2v) is 6.21. The van der Waals surface area contributed by atoms with E-state index in [9.17, 15) is 9.90 Å². The van der Waals surface area contributed by atoms with Gasteiger partial charge in [-0.1, -0.05) is 25.7 Å². The first-order chi connectivity index (χ1) is 9.18. The summed E-state index contributed by atoms with van der Waals surface area (Å²) < 4.78 is 0. The van der Waals surface area contributed by atoms with Crippen LogP contribution < -0.4 is 5.32 Å². The number of nitrogens with one attached hydrogen (secondary N) is 1. The lowest BCUT2D eigenvalue weighted by molar-refractivity contribution is -0.125. The zero-order chi connectivity index (χ0) is 13.6. The highest BCUT2D eigenvalue weighted by molar-refractivity contribution is 5.77. The number of hydrogen-bond acceptors (Lipinski definition) is 3. The van der Waals surface area contributed by atoms with Gasteiger partial charge in [0, 0.05) is 13.1 Å². The predicted octanol–water partition coefficient (Wildman–Crippen LogP) is 1.67. The molecule has 1 saturated carbocycles. The summed E-state index contributed by atoms with van der Waals surface area (Å²) in [6.45, 7) is 4.00. The highest BCUT2D eigenvalue weighted by Crippen LogP contribution is 2.32. The molecule has 1 aliphatic carbocycles. The first kappa shape index (κ1) is 14.8. The molecule has 0 aromatic carbocycles. The smallest absolute Gasteiger partial charge is 0.222 e. The van der Waals surface area contributed by atoms with Crippen LogP contribution in [0, 0.1) is 0 Å². The molecule has 0 unspecified atom stereocenters. The summed E-state index contributed by atoms with van der Waals surface area (Å²) >= 11 is 0. The van der Waals surface area contributed by atoms with Crippen LogP contribution >= 0.6 is 0 Å². The number of rotatable bonds is 5. The van der Waals surface area contributed by atoms with Gasteiger partial charge in [0.05, 0.1) is 12.0 Å². The summed E-state index contributed by atoms with van der Waals surface area (Å²) in [4.78, 5) is 14.3. The van der Waals surface area contributed by atoms with Gasteiger partial charge in [0.2, 0.25) is 5.91 Å². The molecule has 1 saturated heterocycles. The average Bonchev–Trinajstić information content (AvgIpc) is 2.64. The minimum Gasteiger partial charge on any atom is -0.389 e. The van der Waals surface area contributed by atoms with Gasteiger partial charge in [0.1, 0.15) is 0 Å². The van der Waals surface area contributed by atoms with Crippen LogP contribution in [0.25, 0.3) is 0 Å². The fraction of sp³-hybridized carbons (Fsp3) is 0.933. The number of aliphatic hydroxyl groups is 1. The van der Waals surface area contributed by atoms with Gasteiger partial charge < -0.3 is 15.3 Å².